The van der Waals surface area contributed by atoms with Gasteiger partial charge >= 0.3 is 0 Å². The van der Waals surface area contributed by atoms with Gasteiger partial charge in [-0.25, -0.2) is 0 Å². The third kappa shape index (κ3) is 5.84. The zero-order valence-corrected chi connectivity index (χ0v) is 8.96. The van der Waals surface area contributed by atoms with E-state index in [9.17, 15) is 0 Å². The lowest BCUT2D eigenvalue weighted by atomic mass is 10.1. The van der Waals surface area contributed by atoms with Crippen LogP contribution in [0.3, 0.4) is 0 Å². The van der Waals surface area contributed by atoms with Crippen LogP contribution in [-0.4, -0.2) is 5.75 Å². The van der Waals surface area contributed by atoms with Crippen molar-refractivity contribution in [3.8, 4) is 0 Å². The first-order valence-corrected chi connectivity index (χ1v) is 6.84. The maximum absolute atomic E-state index is 5.21. The average Bonchev–Trinajstić information content (AvgIpc) is 2.05. The van der Waals surface area contributed by atoms with E-state index < -0.39 is 0 Å². The molecule has 0 fully saturated rings. The first-order valence-electron chi connectivity index (χ1n) is 4.60. The summed E-state index contributed by atoms with van der Waals surface area (Å²) in [4.78, 5) is 0. The topological polar surface area (TPSA) is 9.23 Å². The van der Waals surface area contributed by atoms with Crippen LogP contribution in [0.2, 0.25) is 0 Å². The fourth-order valence-corrected chi connectivity index (χ4v) is 2.58. The van der Waals surface area contributed by atoms with E-state index in [2.05, 4.69) is 6.08 Å². The van der Waals surface area contributed by atoms with Gasteiger partial charge in [-0.05, 0) is 25.3 Å². The molecule has 0 unspecified atom stereocenters. The Morgan fingerprint density at radius 3 is 2.83 bits per heavy atom. The molecule has 1 nitrogen and oxygen atoms in total. The zero-order valence-electron chi connectivity index (χ0n) is 7.33. The fourth-order valence-electron chi connectivity index (χ4n) is 1.15. The number of rotatable bonds is 0. The molecular formula is C9H16OS2. The molecule has 0 atom stereocenters. The molecule has 1 aliphatic heterocycles. The predicted molar refractivity (Wildman–Crippen MR) is 58.0 cm³/mol. The van der Waals surface area contributed by atoms with Gasteiger partial charge in [0.2, 0.25) is 0 Å². The molecule has 3 heteroatoms. The van der Waals surface area contributed by atoms with Crippen molar-refractivity contribution in [2.45, 2.75) is 38.5 Å². The van der Waals surface area contributed by atoms with Gasteiger partial charge in [0, 0.05) is 5.75 Å². The fraction of sp³-hybridized carbons (Fsp3) is 0.778. The molecule has 0 saturated heterocycles. The van der Waals surface area contributed by atoms with Crippen molar-refractivity contribution in [1.29, 1.82) is 0 Å². The van der Waals surface area contributed by atoms with Gasteiger partial charge in [-0.15, -0.1) is 0 Å². The Hall–Kier alpha value is 0.240. The van der Waals surface area contributed by atoms with E-state index in [-0.39, 0.29) is 0 Å². The Balaban J connectivity index is 2.10. The van der Waals surface area contributed by atoms with Crippen LogP contribution >= 0.6 is 21.9 Å². The van der Waals surface area contributed by atoms with Crippen molar-refractivity contribution in [2.24, 2.45) is 0 Å². The van der Waals surface area contributed by atoms with E-state index in [0.29, 0.717) is 0 Å². The summed E-state index contributed by atoms with van der Waals surface area (Å²) in [5.41, 5.74) is 0. The molecule has 0 N–H and O–H groups in total. The Morgan fingerprint density at radius 1 is 1.00 bits per heavy atom. The van der Waals surface area contributed by atoms with Gasteiger partial charge in [-0.3, -0.25) is 0 Å². The van der Waals surface area contributed by atoms with Crippen molar-refractivity contribution < 1.29 is 4.18 Å². The molecule has 1 rings (SSSR count). The molecule has 0 aromatic carbocycles. The summed E-state index contributed by atoms with van der Waals surface area (Å²) < 4.78 is 5.21. The smallest absolute Gasteiger partial charge is 0.125 e. The monoisotopic (exact) mass is 204 g/mol. The molecule has 0 spiro atoms. The summed E-state index contributed by atoms with van der Waals surface area (Å²) >= 11 is 1.50. The molecular weight excluding hydrogens is 188 g/mol. The summed E-state index contributed by atoms with van der Waals surface area (Å²) in [5.74, 6) is 1.22. The minimum absolute atomic E-state index is 1.17. The van der Waals surface area contributed by atoms with Crippen LogP contribution in [0.1, 0.15) is 38.5 Å². The van der Waals surface area contributed by atoms with Crippen molar-refractivity contribution >= 4 is 21.9 Å². The van der Waals surface area contributed by atoms with Crippen LogP contribution in [-0.2, 0) is 4.18 Å². The molecule has 0 aromatic rings. The summed E-state index contributed by atoms with van der Waals surface area (Å²) in [6, 6.07) is 0. The van der Waals surface area contributed by atoms with Gasteiger partial charge in [0.15, 0.2) is 0 Å². The number of hydrogen-bond acceptors (Lipinski definition) is 3. The molecule has 1 heterocycles. The van der Waals surface area contributed by atoms with E-state index in [0.717, 1.165) is 0 Å². The Bertz CT molecular complexity index is 112. The summed E-state index contributed by atoms with van der Waals surface area (Å²) in [6.45, 7) is 0. The minimum atomic E-state index is 1.17. The number of hydrogen-bond donors (Lipinski definition) is 0. The molecule has 12 heavy (non-hydrogen) atoms. The SMILES string of the molecule is C1=C\OSSCCCCCCC/1. The second-order valence-corrected chi connectivity index (χ2v) is 5.00. The highest BCUT2D eigenvalue weighted by Gasteiger charge is 1.94. The van der Waals surface area contributed by atoms with Crippen LogP contribution in [0, 0.1) is 0 Å². The average molecular weight is 204 g/mol. The molecule has 1 aliphatic rings. The van der Waals surface area contributed by atoms with E-state index in [1.165, 1.54) is 55.4 Å². The molecule has 0 aliphatic carbocycles. The lowest BCUT2D eigenvalue weighted by Crippen LogP contribution is -1.82. The van der Waals surface area contributed by atoms with Crippen molar-refractivity contribution in [2.75, 3.05) is 5.75 Å². The van der Waals surface area contributed by atoms with E-state index >= 15 is 0 Å². The Labute approximate surface area is 82.9 Å². The molecule has 0 radical (unpaired) electrons. The highest BCUT2D eigenvalue weighted by atomic mass is 33.1. The molecule has 0 saturated carbocycles. The third-order valence-electron chi connectivity index (χ3n) is 1.84. The second kappa shape index (κ2) is 7.87. The standard InChI is InChI=1S/C9H16OS2/c1-2-4-6-8-10-12-11-9-7-5-3-1/h6,8H,1-5,7,9H2/b8-6-. The van der Waals surface area contributed by atoms with Gasteiger partial charge in [0.1, 0.15) is 11.1 Å². The van der Waals surface area contributed by atoms with Gasteiger partial charge in [-0.2, -0.15) is 0 Å². The van der Waals surface area contributed by atoms with Crippen LogP contribution in [0.4, 0.5) is 0 Å². The molecule has 0 bridgehead atoms. The van der Waals surface area contributed by atoms with Gasteiger partial charge in [-0.1, -0.05) is 30.1 Å². The van der Waals surface area contributed by atoms with Gasteiger partial charge < -0.3 is 4.18 Å². The lowest BCUT2D eigenvalue weighted by molar-refractivity contribution is 0.565. The number of allylic oxidation sites excluding steroid dienone is 1. The molecule has 70 valence electrons. The van der Waals surface area contributed by atoms with Crippen molar-refractivity contribution in [1.82, 2.24) is 0 Å². The zero-order chi connectivity index (χ0) is 8.49. The largest absolute Gasteiger partial charge is 0.422 e. The highest BCUT2D eigenvalue weighted by Crippen LogP contribution is 2.24. The summed E-state index contributed by atoms with van der Waals surface area (Å²) in [5, 5.41) is 0. The second-order valence-electron chi connectivity index (χ2n) is 2.91. The highest BCUT2D eigenvalue weighted by molar-refractivity contribution is 8.74. The van der Waals surface area contributed by atoms with E-state index in [1.54, 1.807) is 0 Å². The van der Waals surface area contributed by atoms with E-state index in [1.807, 2.05) is 17.1 Å². The van der Waals surface area contributed by atoms with Crippen molar-refractivity contribution in [3.05, 3.63) is 12.3 Å². The van der Waals surface area contributed by atoms with Crippen LogP contribution in [0.5, 0.6) is 0 Å². The molecule has 0 amide bonds. The maximum Gasteiger partial charge on any atom is 0.125 e. The Morgan fingerprint density at radius 2 is 1.83 bits per heavy atom. The first-order chi connectivity index (χ1) is 6.00. The maximum atomic E-state index is 5.21. The minimum Gasteiger partial charge on any atom is -0.422 e. The first kappa shape index (κ1) is 10.3. The summed E-state index contributed by atoms with van der Waals surface area (Å²) in [6.07, 6.45) is 11.9. The van der Waals surface area contributed by atoms with Crippen molar-refractivity contribution in [3.63, 3.8) is 0 Å². The van der Waals surface area contributed by atoms with E-state index in [4.69, 9.17) is 4.18 Å². The van der Waals surface area contributed by atoms with Crippen LogP contribution in [0.25, 0.3) is 0 Å². The molecule has 0 aromatic heterocycles. The van der Waals surface area contributed by atoms with Crippen LogP contribution < -0.4 is 0 Å². The Kier molecular flexibility index (Phi) is 6.77. The lowest BCUT2D eigenvalue weighted by Gasteiger charge is -2.02. The summed E-state index contributed by atoms with van der Waals surface area (Å²) in [7, 11) is 1.81. The van der Waals surface area contributed by atoms with Gasteiger partial charge in [0.25, 0.3) is 0 Å². The third-order valence-corrected chi connectivity index (χ3v) is 3.60. The quantitative estimate of drug-likeness (QED) is 0.433. The normalized spacial score (nSPS) is 24.7. The van der Waals surface area contributed by atoms with Crippen LogP contribution in [0.15, 0.2) is 12.3 Å². The van der Waals surface area contributed by atoms with Gasteiger partial charge in [0.05, 0.1) is 6.26 Å². The predicted octanol–water partition coefficient (Wildman–Crippen LogP) is 4.17.